The summed E-state index contributed by atoms with van der Waals surface area (Å²) in [5, 5.41) is 4.61. The fourth-order valence-electron chi connectivity index (χ4n) is 5.13. The summed E-state index contributed by atoms with van der Waals surface area (Å²) in [4.78, 5) is 12.9. The van der Waals surface area contributed by atoms with Gasteiger partial charge in [0.2, 0.25) is 0 Å². The van der Waals surface area contributed by atoms with Crippen molar-refractivity contribution in [3.05, 3.63) is 40.6 Å². The molecule has 2 saturated heterocycles. The molecule has 3 heterocycles. The Bertz CT molecular complexity index is 861. The Kier molecular flexibility index (Phi) is 5.48. The van der Waals surface area contributed by atoms with Crippen LogP contribution in [-0.4, -0.2) is 48.4 Å². The van der Waals surface area contributed by atoms with E-state index in [2.05, 4.69) is 12.2 Å². The van der Waals surface area contributed by atoms with E-state index in [9.17, 15) is 4.79 Å². The third kappa shape index (κ3) is 3.58. The molecule has 0 N–H and O–H groups in total. The molecule has 5 nitrogen and oxygen atoms in total. The minimum Gasteiger partial charge on any atom is -0.461 e. The van der Waals surface area contributed by atoms with Gasteiger partial charge in [-0.05, 0) is 38.7 Å². The minimum atomic E-state index is -0.371. The average Bonchev–Trinajstić information content (AvgIpc) is 3.07. The van der Waals surface area contributed by atoms with Crippen LogP contribution in [0, 0.1) is 12.8 Å². The Morgan fingerprint density at radius 3 is 2.86 bits per heavy atom. The monoisotopic (exact) mass is 403 g/mol. The summed E-state index contributed by atoms with van der Waals surface area (Å²) in [6.45, 7) is 4.69. The van der Waals surface area contributed by atoms with Gasteiger partial charge in [0.05, 0.1) is 31.2 Å². The van der Waals surface area contributed by atoms with Gasteiger partial charge in [-0.1, -0.05) is 35.0 Å². The minimum absolute atomic E-state index is 0.371. The van der Waals surface area contributed by atoms with Crippen LogP contribution in [0.3, 0.4) is 0 Å². The number of nitrogens with zero attached hydrogens (tertiary/aromatic N) is 2. The van der Waals surface area contributed by atoms with Gasteiger partial charge in [0.1, 0.15) is 23.6 Å². The Balaban J connectivity index is 1.51. The van der Waals surface area contributed by atoms with Crippen molar-refractivity contribution >= 4 is 17.6 Å². The molecule has 3 atom stereocenters. The number of esters is 1. The third-order valence-electron chi connectivity index (χ3n) is 6.63. The smallest absolute Gasteiger partial charge is 0.344 e. The maximum absolute atomic E-state index is 12.9. The number of fused-ring (bicyclic) bond motifs is 1. The van der Waals surface area contributed by atoms with Gasteiger partial charge in [-0.25, -0.2) is 4.79 Å². The molecule has 0 saturated carbocycles. The van der Waals surface area contributed by atoms with E-state index >= 15 is 0 Å². The van der Waals surface area contributed by atoms with E-state index in [1.165, 1.54) is 38.8 Å². The zero-order chi connectivity index (χ0) is 19.7. The SMILES string of the molecule is Cc1onc(-c2ccccc2Cl)c1C(=O)OC[C@@H]1CCC[N+]2(C)CCCC[C@H]12. The van der Waals surface area contributed by atoms with Gasteiger partial charge >= 0.3 is 5.97 Å². The number of benzene rings is 1. The van der Waals surface area contributed by atoms with Crippen LogP contribution in [0.2, 0.25) is 5.02 Å². The van der Waals surface area contributed by atoms with Gasteiger partial charge < -0.3 is 13.7 Å². The largest absolute Gasteiger partial charge is 0.461 e. The lowest BCUT2D eigenvalue weighted by atomic mass is 9.82. The van der Waals surface area contributed by atoms with E-state index in [0.717, 1.165) is 10.9 Å². The summed E-state index contributed by atoms with van der Waals surface area (Å²) in [7, 11) is 2.37. The number of aromatic nitrogens is 1. The zero-order valence-electron chi connectivity index (χ0n) is 16.6. The first-order chi connectivity index (χ1) is 13.5. The molecule has 2 fully saturated rings. The number of halogens is 1. The topological polar surface area (TPSA) is 52.3 Å². The molecular weight excluding hydrogens is 376 g/mol. The number of hydrogen-bond donors (Lipinski definition) is 0. The summed E-state index contributed by atoms with van der Waals surface area (Å²) in [6, 6.07) is 7.92. The molecule has 28 heavy (non-hydrogen) atoms. The number of piperidine rings is 2. The predicted octanol–water partition coefficient (Wildman–Crippen LogP) is 4.87. The molecule has 1 aromatic carbocycles. The van der Waals surface area contributed by atoms with Gasteiger partial charge in [-0.3, -0.25) is 0 Å². The Hall–Kier alpha value is -1.85. The molecule has 6 heteroatoms. The lowest BCUT2D eigenvalue weighted by Crippen LogP contribution is -2.61. The molecule has 2 aliphatic heterocycles. The van der Waals surface area contributed by atoms with E-state index in [0.29, 0.717) is 46.2 Å². The van der Waals surface area contributed by atoms with Crippen LogP contribution in [0.4, 0.5) is 0 Å². The summed E-state index contributed by atoms with van der Waals surface area (Å²) < 4.78 is 12.3. The van der Waals surface area contributed by atoms with Crippen LogP contribution in [0.15, 0.2) is 28.8 Å². The number of hydrogen-bond acceptors (Lipinski definition) is 4. The van der Waals surface area contributed by atoms with Crippen molar-refractivity contribution < 1.29 is 18.5 Å². The van der Waals surface area contributed by atoms with E-state index < -0.39 is 0 Å². The van der Waals surface area contributed by atoms with Gasteiger partial charge in [-0.15, -0.1) is 0 Å². The lowest BCUT2D eigenvalue weighted by Gasteiger charge is -2.51. The second-order valence-electron chi connectivity index (χ2n) is 8.43. The molecule has 0 aliphatic carbocycles. The van der Waals surface area contributed by atoms with Crippen molar-refractivity contribution in [3.8, 4) is 11.3 Å². The number of aryl methyl sites for hydroxylation is 1. The lowest BCUT2D eigenvalue weighted by molar-refractivity contribution is -0.947. The molecule has 2 aliphatic rings. The molecule has 0 amide bonds. The first-order valence-corrected chi connectivity index (χ1v) is 10.6. The number of carbonyl (C=O) groups excluding carboxylic acids is 1. The molecule has 150 valence electrons. The maximum atomic E-state index is 12.9. The molecule has 0 bridgehead atoms. The quantitative estimate of drug-likeness (QED) is 0.539. The highest BCUT2D eigenvalue weighted by Crippen LogP contribution is 2.37. The van der Waals surface area contributed by atoms with E-state index in [-0.39, 0.29) is 5.97 Å². The standard InChI is InChI=1S/C22H28ClN2O3/c1-15-20(21(24-28-15)17-9-3-4-10-18(17)23)22(26)27-14-16-8-7-13-25(2)12-6-5-11-19(16)25/h3-4,9-10,16,19H,5-8,11-14H2,1-2H3/q+1/t16-,19+,25?/m0/s1. The van der Waals surface area contributed by atoms with Gasteiger partial charge in [0.25, 0.3) is 0 Å². The number of rotatable bonds is 4. The highest BCUT2D eigenvalue weighted by atomic mass is 35.5. The Morgan fingerprint density at radius 1 is 1.25 bits per heavy atom. The fraction of sp³-hybridized carbons (Fsp3) is 0.545. The van der Waals surface area contributed by atoms with Crippen LogP contribution in [0.5, 0.6) is 0 Å². The van der Waals surface area contributed by atoms with E-state index in [1.807, 2.05) is 18.2 Å². The number of quaternary nitrogens is 1. The molecule has 0 radical (unpaired) electrons. The molecule has 2 aromatic rings. The summed E-state index contributed by atoms with van der Waals surface area (Å²) >= 11 is 6.30. The van der Waals surface area contributed by atoms with Crippen LogP contribution in [0.1, 0.15) is 48.2 Å². The predicted molar refractivity (Wildman–Crippen MR) is 108 cm³/mol. The van der Waals surface area contributed by atoms with Crippen molar-refractivity contribution in [2.75, 3.05) is 26.7 Å². The molecule has 0 spiro atoms. The van der Waals surface area contributed by atoms with Gasteiger partial charge in [0.15, 0.2) is 0 Å². The highest BCUT2D eigenvalue weighted by Gasteiger charge is 2.44. The second kappa shape index (κ2) is 7.88. The molecule has 1 unspecified atom stereocenters. The van der Waals surface area contributed by atoms with Crippen LogP contribution < -0.4 is 0 Å². The van der Waals surface area contributed by atoms with Crippen LogP contribution in [0.25, 0.3) is 11.3 Å². The maximum Gasteiger partial charge on any atom is 0.344 e. The Labute approximate surface area is 171 Å². The van der Waals surface area contributed by atoms with Crippen LogP contribution >= 0.6 is 11.6 Å². The second-order valence-corrected chi connectivity index (χ2v) is 8.84. The number of ether oxygens (including phenoxy) is 1. The third-order valence-corrected chi connectivity index (χ3v) is 6.96. The highest BCUT2D eigenvalue weighted by molar-refractivity contribution is 6.33. The summed E-state index contributed by atoms with van der Waals surface area (Å²) in [6.07, 6.45) is 6.15. The Morgan fingerprint density at radius 2 is 2.04 bits per heavy atom. The average molecular weight is 404 g/mol. The van der Waals surface area contributed by atoms with E-state index in [4.69, 9.17) is 20.9 Å². The van der Waals surface area contributed by atoms with Crippen molar-refractivity contribution in [2.45, 2.75) is 45.1 Å². The molecule has 4 rings (SSSR count). The first kappa shape index (κ1) is 19.5. The van der Waals surface area contributed by atoms with Crippen molar-refractivity contribution in [3.63, 3.8) is 0 Å². The van der Waals surface area contributed by atoms with Crippen molar-refractivity contribution in [2.24, 2.45) is 5.92 Å². The van der Waals surface area contributed by atoms with Crippen molar-refractivity contribution in [1.29, 1.82) is 0 Å². The normalized spacial score (nSPS) is 27.2. The molecule has 1 aromatic heterocycles. The van der Waals surface area contributed by atoms with Gasteiger partial charge in [0, 0.05) is 17.9 Å². The zero-order valence-corrected chi connectivity index (χ0v) is 17.4. The summed E-state index contributed by atoms with van der Waals surface area (Å²) in [5.74, 6) is 0.512. The fourth-order valence-corrected chi connectivity index (χ4v) is 5.36. The first-order valence-electron chi connectivity index (χ1n) is 10.2. The van der Waals surface area contributed by atoms with E-state index in [1.54, 1.807) is 13.0 Å². The summed E-state index contributed by atoms with van der Waals surface area (Å²) in [5.41, 5.74) is 1.52. The van der Waals surface area contributed by atoms with Crippen LogP contribution in [-0.2, 0) is 4.74 Å². The molecular formula is C22H28ClN2O3+. The van der Waals surface area contributed by atoms with Crippen molar-refractivity contribution in [1.82, 2.24) is 5.16 Å². The van der Waals surface area contributed by atoms with Gasteiger partial charge in [-0.2, -0.15) is 0 Å². The number of carbonyl (C=O) groups is 1.